The van der Waals surface area contributed by atoms with Gasteiger partial charge in [0.2, 0.25) is 5.91 Å². The van der Waals surface area contributed by atoms with Crippen LogP contribution < -0.4 is 11.3 Å². The van der Waals surface area contributed by atoms with Gasteiger partial charge >= 0.3 is 0 Å². The lowest BCUT2D eigenvalue weighted by molar-refractivity contribution is -0.139. The number of hydrogen-bond acceptors (Lipinski definition) is 4. The van der Waals surface area contributed by atoms with E-state index in [4.69, 9.17) is 5.84 Å². The number of hydrogen-bond donors (Lipinski definition) is 4. The molecule has 2 aliphatic heterocycles. The number of nitrogens with zero attached hydrogens (tertiary/aromatic N) is 1. The van der Waals surface area contributed by atoms with Gasteiger partial charge in [-0.1, -0.05) is 18.2 Å². The van der Waals surface area contributed by atoms with E-state index in [0.29, 0.717) is 18.4 Å². The molecular formula is C20H26N4O2. The summed E-state index contributed by atoms with van der Waals surface area (Å²) in [4.78, 5) is 18.5. The quantitative estimate of drug-likeness (QED) is 0.353. The molecule has 6 nitrogen and oxygen atoms in total. The van der Waals surface area contributed by atoms with Gasteiger partial charge in [0.05, 0.1) is 12.0 Å². The second kappa shape index (κ2) is 6.08. The highest BCUT2D eigenvalue weighted by Gasteiger charge is 2.48. The van der Waals surface area contributed by atoms with Crippen molar-refractivity contribution in [2.45, 2.75) is 44.4 Å². The van der Waals surface area contributed by atoms with Gasteiger partial charge in [0, 0.05) is 42.1 Å². The topological polar surface area (TPSA) is 94.4 Å². The summed E-state index contributed by atoms with van der Waals surface area (Å²) in [5.74, 6) is 5.50. The Morgan fingerprint density at radius 1 is 1.31 bits per heavy atom. The van der Waals surface area contributed by atoms with Gasteiger partial charge in [-0.05, 0) is 42.7 Å². The Morgan fingerprint density at radius 3 is 3.00 bits per heavy atom. The van der Waals surface area contributed by atoms with Crippen LogP contribution in [-0.4, -0.2) is 39.6 Å². The van der Waals surface area contributed by atoms with Crippen molar-refractivity contribution in [3.8, 4) is 0 Å². The number of amides is 1. The van der Waals surface area contributed by atoms with Crippen LogP contribution in [0.4, 0.5) is 0 Å². The number of rotatable bonds is 1. The first-order valence-electron chi connectivity index (χ1n) is 9.66. The summed E-state index contributed by atoms with van der Waals surface area (Å²) in [6.45, 7) is 1.99. The number of aliphatic hydroxyl groups is 1. The lowest BCUT2D eigenvalue weighted by atomic mass is 9.64. The summed E-state index contributed by atoms with van der Waals surface area (Å²) in [6.07, 6.45) is 3.05. The van der Waals surface area contributed by atoms with E-state index < -0.39 is 6.10 Å². The van der Waals surface area contributed by atoms with Gasteiger partial charge in [0.15, 0.2) is 0 Å². The number of carbonyl (C=O) groups excluding carboxylic acids is 1. The molecule has 3 aliphatic rings. The number of piperidine rings is 1. The van der Waals surface area contributed by atoms with Crippen molar-refractivity contribution in [2.24, 2.45) is 23.6 Å². The van der Waals surface area contributed by atoms with Gasteiger partial charge in [0.1, 0.15) is 0 Å². The van der Waals surface area contributed by atoms with Crippen LogP contribution in [0.25, 0.3) is 10.9 Å². The van der Waals surface area contributed by atoms with E-state index in [9.17, 15) is 9.90 Å². The molecule has 6 heteroatoms. The van der Waals surface area contributed by atoms with E-state index in [0.717, 1.165) is 32.4 Å². The SMILES string of the molecule is NNC(=O)C1C(O)CCC2CN3Cc4c([nH]c5ccccc45)CC3CC21. The predicted octanol–water partition coefficient (Wildman–Crippen LogP) is 1.29. The van der Waals surface area contributed by atoms with E-state index in [2.05, 4.69) is 39.6 Å². The fourth-order valence-electron chi connectivity index (χ4n) is 5.76. The summed E-state index contributed by atoms with van der Waals surface area (Å²) >= 11 is 0. The highest BCUT2D eigenvalue weighted by Crippen LogP contribution is 2.45. The molecule has 1 amide bonds. The molecule has 138 valence electrons. The number of carbonyl (C=O) groups is 1. The van der Waals surface area contributed by atoms with Gasteiger partial charge in [-0.15, -0.1) is 0 Å². The molecule has 5 unspecified atom stereocenters. The number of aromatic nitrogens is 1. The summed E-state index contributed by atoms with van der Waals surface area (Å²) < 4.78 is 0. The molecule has 1 saturated heterocycles. The van der Waals surface area contributed by atoms with Crippen LogP contribution in [0.1, 0.15) is 30.5 Å². The molecule has 1 saturated carbocycles. The first kappa shape index (κ1) is 16.3. The van der Waals surface area contributed by atoms with Gasteiger partial charge in [-0.25, -0.2) is 5.84 Å². The minimum atomic E-state index is -0.571. The molecule has 3 heterocycles. The van der Waals surface area contributed by atoms with Crippen LogP contribution >= 0.6 is 0 Å². The molecule has 0 spiro atoms. The van der Waals surface area contributed by atoms with E-state index in [1.807, 2.05) is 0 Å². The average molecular weight is 354 g/mol. The van der Waals surface area contributed by atoms with Crippen LogP contribution in [-0.2, 0) is 17.8 Å². The molecule has 5 N–H and O–H groups in total. The number of aromatic amines is 1. The molecule has 2 aromatic rings. The number of benzene rings is 1. The highest BCUT2D eigenvalue weighted by atomic mass is 16.3. The lowest BCUT2D eigenvalue weighted by Gasteiger charge is -2.51. The normalized spacial score (nSPS) is 34.0. The predicted molar refractivity (Wildman–Crippen MR) is 98.9 cm³/mol. The Labute approximate surface area is 152 Å². The molecule has 1 aliphatic carbocycles. The molecule has 0 bridgehead atoms. The summed E-state index contributed by atoms with van der Waals surface area (Å²) in [5.41, 5.74) is 6.27. The van der Waals surface area contributed by atoms with Crippen molar-refractivity contribution in [1.29, 1.82) is 0 Å². The fraction of sp³-hybridized carbons (Fsp3) is 0.550. The molecular weight excluding hydrogens is 328 g/mol. The van der Waals surface area contributed by atoms with Crippen LogP contribution in [0.5, 0.6) is 0 Å². The van der Waals surface area contributed by atoms with Crippen molar-refractivity contribution < 1.29 is 9.90 Å². The Morgan fingerprint density at radius 2 is 2.15 bits per heavy atom. The number of para-hydroxylation sites is 1. The van der Waals surface area contributed by atoms with Crippen LogP contribution in [0.3, 0.4) is 0 Å². The number of hydrazine groups is 1. The summed E-state index contributed by atoms with van der Waals surface area (Å²) in [7, 11) is 0. The number of aliphatic hydroxyl groups excluding tert-OH is 1. The molecule has 26 heavy (non-hydrogen) atoms. The van der Waals surface area contributed by atoms with Crippen molar-refractivity contribution >= 4 is 16.8 Å². The van der Waals surface area contributed by atoms with E-state index in [1.54, 1.807) is 0 Å². The lowest BCUT2D eigenvalue weighted by Crippen LogP contribution is -2.57. The zero-order valence-electron chi connectivity index (χ0n) is 14.8. The maximum absolute atomic E-state index is 12.3. The minimum Gasteiger partial charge on any atom is -0.392 e. The number of nitrogens with two attached hydrogens (primary N) is 1. The van der Waals surface area contributed by atoms with Gasteiger partial charge < -0.3 is 10.1 Å². The first-order valence-corrected chi connectivity index (χ1v) is 9.66. The summed E-state index contributed by atoms with van der Waals surface area (Å²) in [5, 5.41) is 11.8. The van der Waals surface area contributed by atoms with Crippen molar-refractivity contribution in [2.75, 3.05) is 6.54 Å². The monoisotopic (exact) mass is 354 g/mol. The van der Waals surface area contributed by atoms with Crippen molar-refractivity contribution in [3.05, 3.63) is 35.5 Å². The third-order valence-corrected chi connectivity index (χ3v) is 6.99. The van der Waals surface area contributed by atoms with Crippen molar-refractivity contribution in [1.82, 2.24) is 15.3 Å². The third kappa shape index (κ3) is 2.40. The average Bonchev–Trinajstić information content (AvgIpc) is 3.01. The smallest absolute Gasteiger partial charge is 0.239 e. The number of H-pyrrole nitrogens is 1. The molecule has 1 aromatic heterocycles. The molecule has 0 radical (unpaired) electrons. The maximum Gasteiger partial charge on any atom is 0.239 e. The summed E-state index contributed by atoms with van der Waals surface area (Å²) in [6, 6.07) is 8.95. The Kier molecular flexibility index (Phi) is 3.81. The molecule has 5 atom stereocenters. The first-order chi connectivity index (χ1) is 12.7. The minimum absolute atomic E-state index is 0.206. The number of fused-ring (bicyclic) bond motifs is 5. The fourth-order valence-corrected chi connectivity index (χ4v) is 5.76. The molecule has 2 fully saturated rings. The molecule has 1 aromatic carbocycles. The van der Waals surface area contributed by atoms with Gasteiger partial charge in [-0.3, -0.25) is 15.1 Å². The van der Waals surface area contributed by atoms with E-state index in [-0.39, 0.29) is 17.7 Å². The van der Waals surface area contributed by atoms with Crippen LogP contribution in [0.15, 0.2) is 24.3 Å². The van der Waals surface area contributed by atoms with Crippen LogP contribution in [0.2, 0.25) is 0 Å². The standard InChI is InChI=1S/C20H26N4O2/c21-23-20(26)19-14-7-12-8-17-15(13-3-1-2-4-16(13)22-17)10-24(12)9-11(14)5-6-18(19)25/h1-4,11-12,14,18-19,22,25H,5-10,21H2,(H,23,26). The zero-order chi connectivity index (χ0) is 17.8. The molecule has 5 rings (SSSR count). The number of nitrogens with one attached hydrogen (secondary N) is 2. The van der Waals surface area contributed by atoms with Crippen LogP contribution in [0, 0.1) is 17.8 Å². The van der Waals surface area contributed by atoms with Gasteiger partial charge in [0.25, 0.3) is 0 Å². The Bertz CT molecular complexity index is 847. The largest absolute Gasteiger partial charge is 0.392 e. The highest BCUT2D eigenvalue weighted by molar-refractivity contribution is 5.85. The Hall–Kier alpha value is -1.89. The third-order valence-electron chi connectivity index (χ3n) is 6.99. The zero-order valence-corrected chi connectivity index (χ0v) is 14.8. The van der Waals surface area contributed by atoms with E-state index >= 15 is 0 Å². The van der Waals surface area contributed by atoms with Crippen molar-refractivity contribution in [3.63, 3.8) is 0 Å². The maximum atomic E-state index is 12.3. The second-order valence-electron chi connectivity index (χ2n) is 8.25. The second-order valence-corrected chi connectivity index (χ2v) is 8.25. The van der Waals surface area contributed by atoms with E-state index in [1.165, 1.54) is 22.2 Å². The van der Waals surface area contributed by atoms with Gasteiger partial charge in [-0.2, -0.15) is 0 Å². The Balaban J connectivity index is 1.45.